The van der Waals surface area contributed by atoms with Gasteiger partial charge in [0.25, 0.3) is 5.91 Å². The van der Waals surface area contributed by atoms with Gasteiger partial charge in [-0.3, -0.25) is 4.79 Å². The number of hydrogen-bond donors (Lipinski definition) is 1. The van der Waals surface area contributed by atoms with E-state index in [2.05, 4.69) is 5.32 Å². The topological polar surface area (TPSA) is 32.3 Å². The fourth-order valence-electron chi connectivity index (χ4n) is 3.06. The molecule has 1 aromatic rings. The smallest absolute Gasteiger partial charge is 0.256 e. The molecule has 2 saturated heterocycles. The number of likely N-dealkylation sites (tertiary alicyclic amines) is 1. The molecule has 2 aliphatic rings. The number of halogens is 3. The standard InChI is InChI=1S/C14H16F2N2O.ClH/c15-10-1-2-12(16)11(7-10)14(19)18-6-4-13-9(8-18)3-5-17-13;/h1-2,7,9,13,17H,3-6,8H2;1H. The van der Waals surface area contributed by atoms with Gasteiger partial charge in [-0.25, -0.2) is 8.78 Å². The molecule has 1 aromatic carbocycles. The number of fused-ring (bicyclic) bond motifs is 1. The van der Waals surface area contributed by atoms with E-state index in [0.29, 0.717) is 25.0 Å². The first kappa shape index (κ1) is 15.2. The number of rotatable bonds is 1. The molecule has 0 bridgehead atoms. The minimum Gasteiger partial charge on any atom is -0.338 e. The number of benzene rings is 1. The Morgan fingerprint density at radius 2 is 2.10 bits per heavy atom. The number of amides is 1. The maximum Gasteiger partial charge on any atom is 0.256 e. The van der Waals surface area contributed by atoms with Gasteiger partial charge in [0.05, 0.1) is 5.56 Å². The van der Waals surface area contributed by atoms with Crippen molar-refractivity contribution in [3.63, 3.8) is 0 Å². The van der Waals surface area contributed by atoms with Crippen LogP contribution in [-0.4, -0.2) is 36.5 Å². The van der Waals surface area contributed by atoms with Gasteiger partial charge >= 0.3 is 0 Å². The summed E-state index contributed by atoms with van der Waals surface area (Å²) < 4.78 is 26.8. The average Bonchev–Trinajstić information content (AvgIpc) is 2.88. The Morgan fingerprint density at radius 1 is 1.30 bits per heavy atom. The van der Waals surface area contributed by atoms with E-state index >= 15 is 0 Å². The van der Waals surface area contributed by atoms with Crippen molar-refractivity contribution < 1.29 is 13.6 Å². The lowest BCUT2D eigenvalue weighted by Crippen LogP contribution is -2.47. The van der Waals surface area contributed by atoms with Crippen LogP contribution in [0.2, 0.25) is 0 Å². The summed E-state index contributed by atoms with van der Waals surface area (Å²) in [4.78, 5) is 13.9. The Labute approximate surface area is 122 Å². The zero-order valence-electron chi connectivity index (χ0n) is 10.9. The van der Waals surface area contributed by atoms with E-state index < -0.39 is 17.5 Å². The zero-order chi connectivity index (χ0) is 13.4. The lowest BCUT2D eigenvalue weighted by atomic mass is 9.93. The van der Waals surface area contributed by atoms with Crippen LogP contribution < -0.4 is 5.32 Å². The summed E-state index contributed by atoms with van der Waals surface area (Å²) in [6.07, 6.45) is 1.92. The molecule has 2 atom stereocenters. The third-order valence-corrected chi connectivity index (χ3v) is 4.10. The fraction of sp³-hybridized carbons (Fsp3) is 0.500. The average molecular weight is 303 g/mol. The molecule has 1 amide bonds. The van der Waals surface area contributed by atoms with Gasteiger partial charge in [0.1, 0.15) is 11.6 Å². The maximum absolute atomic E-state index is 13.6. The monoisotopic (exact) mass is 302 g/mol. The number of carbonyl (C=O) groups excluding carboxylic acids is 1. The molecule has 0 radical (unpaired) electrons. The summed E-state index contributed by atoms with van der Waals surface area (Å²) >= 11 is 0. The molecule has 2 aliphatic heterocycles. The van der Waals surface area contributed by atoms with Crippen LogP contribution in [0.4, 0.5) is 8.78 Å². The summed E-state index contributed by atoms with van der Waals surface area (Å²) in [5.41, 5.74) is -0.163. The molecular formula is C14H17ClF2N2O. The quantitative estimate of drug-likeness (QED) is 0.863. The van der Waals surface area contributed by atoms with Crippen LogP contribution in [0, 0.1) is 17.6 Å². The van der Waals surface area contributed by atoms with Crippen LogP contribution >= 0.6 is 12.4 Å². The van der Waals surface area contributed by atoms with Crippen molar-refractivity contribution in [2.24, 2.45) is 5.92 Å². The van der Waals surface area contributed by atoms with Gasteiger partial charge in [0.15, 0.2) is 0 Å². The number of carbonyl (C=O) groups is 1. The van der Waals surface area contributed by atoms with E-state index in [1.807, 2.05) is 0 Å². The number of nitrogens with one attached hydrogen (secondary N) is 1. The lowest BCUT2D eigenvalue weighted by Gasteiger charge is -2.35. The van der Waals surface area contributed by atoms with Crippen LogP contribution in [0.1, 0.15) is 23.2 Å². The highest BCUT2D eigenvalue weighted by Gasteiger charge is 2.35. The summed E-state index contributed by atoms with van der Waals surface area (Å²) in [5.74, 6) is -1.20. The van der Waals surface area contributed by atoms with Crippen molar-refractivity contribution in [1.82, 2.24) is 10.2 Å². The largest absolute Gasteiger partial charge is 0.338 e. The molecule has 2 fully saturated rings. The highest BCUT2D eigenvalue weighted by Crippen LogP contribution is 2.26. The predicted octanol–water partition coefficient (Wildman–Crippen LogP) is 2.21. The zero-order valence-corrected chi connectivity index (χ0v) is 11.8. The summed E-state index contributed by atoms with van der Waals surface area (Å²) in [5, 5.41) is 3.41. The van der Waals surface area contributed by atoms with Crippen molar-refractivity contribution in [3.8, 4) is 0 Å². The van der Waals surface area contributed by atoms with E-state index in [1.165, 1.54) is 0 Å². The predicted molar refractivity (Wildman–Crippen MR) is 74.0 cm³/mol. The van der Waals surface area contributed by atoms with Crippen LogP contribution in [0.3, 0.4) is 0 Å². The van der Waals surface area contributed by atoms with Crippen molar-refractivity contribution in [3.05, 3.63) is 35.4 Å². The maximum atomic E-state index is 13.6. The minimum atomic E-state index is -0.655. The molecule has 6 heteroatoms. The van der Waals surface area contributed by atoms with Crippen molar-refractivity contribution in [1.29, 1.82) is 0 Å². The van der Waals surface area contributed by atoms with Gasteiger partial charge in [-0.05, 0) is 43.5 Å². The Morgan fingerprint density at radius 3 is 2.90 bits per heavy atom. The SMILES string of the molecule is Cl.O=C(c1cc(F)ccc1F)N1CCC2NCCC2C1. The van der Waals surface area contributed by atoms with Crippen LogP contribution in [0.15, 0.2) is 18.2 Å². The van der Waals surface area contributed by atoms with E-state index in [0.717, 1.165) is 37.6 Å². The molecule has 1 N–H and O–H groups in total. The summed E-state index contributed by atoms with van der Waals surface area (Å²) in [6.45, 7) is 2.21. The van der Waals surface area contributed by atoms with Gasteiger partial charge in [0.2, 0.25) is 0 Å². The first-order valence-corrected chi connectivity index (χ1v) is 6.63. The van der Waals surface area contributed by atoms with Gasteiger partial charge in [0, 0.05) is 19.1 Å². The molecule has 0 spiro atoms. The molecule has 110 valence electrons. The second kappa shape index (κ2) is 6.06. The Kier molecular flexibility index (Phi) is 4.60. The first-order valence-electron chi connectivity index (χ1n) is 6.63. The minimum absolute atomic E-state index is 0. The lowest BCUT2D eigenvalue weighted by molar-refractivity contribution is 0.0657. The molecule has 2 heterocycles. The van der Waals surface area contributed by atoms with Crippen LogP contribution in [0.5, 0.6) is 0 Å². The van der Waals surface area contributed by atoms with E-state index in [4.69, 9.17) is 0 Å². The third kappa shape index (κ3) is 2.79. The van der Waals surface area contributed by atoms with Crippen molar-refractivity contribution in [2.75, 3.05) is 19.6 Å². The summed E-state index contributed by atoms with van der Waals surface area (Å²) in [7, 11) is 0. The fourth-order valence-corrected chi connectivity index (χ4v) is 3.06. The molecule has 0 saturated carbocycles. The second-order valence-electron chi connectivity index (χ2n) is 5.27. The van der Waals surface area contributed by atoms with Gasteiger partial charge in [-0.2, -0.15) is 0 Å². The number of nitrogens with zero attached hydrogens (tertiary/aromatic N) is 1. The molecule has 20 heavy (non-hydrogen) atoms. The molecule has 0 aromatic heterocycles. The van der Waals surface area contributed by atoms with Gasteiger partial charge in [-0.15, -0.1) is 12.4 Å². The first-order chi connectivity index (χ1) is 9.15. The normalized spacial score (nSPS) is 25.0. The molecule has 3 nitrogen and oxygen atoms in total. The van der Waals surface area contributed by atoms with E-state index in [1.54, 1.807) is 4.90 Å². The van der Waals surface area contributed by atoms with Crippen LogP contribution in [0.25, 0.3) is 0 Å². The highest BCUT2D eigenvalue weighted by atomic mass is 35.5. The Bertz CT molecular complexity index is 512. The van der Waals surface area contributed by atoms with Crippen molar-refractivity contribution >= 4 is 18.3 Å². The molecule has 2 unspecified atom stereocenters. The van der Waals surface area contributed by atoms with Crippen LogP contribution in [-0.2, 0) is 0 Å². The number of piperidine rings is 1. The molecule has 3 rings (SSSR count). The summed E-state index contributed by atoms with van der Waals surface area (Å²) in [6, 6.07) is 3.49. The second-order valence-corrected chi connectivity index (χ2v) is 5.27. The van der Waals surface area contributed by atoms with E-state index in [9.17, 15) is 13.6 Å². The van der Waals surface area contributed by atoms with Gasteiger partial charge < -0.3 is 10.2 Å². The molecular weight excluding hydrogens is 286 g/mol. The molecule has 0 aliphatic carbocycles. The third-order valence-electron chi connectivity index (χ3n) is 4.10. The highest BCUT2D eigenvalue weighted by molar-refractivity contribution is 5.94. The van der Waals surface area contributed by atoms with Gasteiger partial charge in [-0.1, -0.05) is 0 Å². The van der Waals surface area contributed by atoms with E-state index in [-0.39, 0.29) is 18.0 Å². The number of hydrogen-bond acceptors (Lipinski definition) is 2. The Balaban J connectivity index is 0.00000147. The van der Waals surface area contributed by atoms with Crippen molar-refractivity contribution in [2.45, 2.75) is 18.9 Å². The Hall–Kier alpha value is -1.20.